The number of imide groups is 2. The van der Waals surface area contributed by atoms with Crippen LogP contribution in [0.3, 0.4) is 0 Å². The molecule has 0 aliphatic carbocycles. The molecule has 1 aliphatic heterocycles. The van der Waals surface area contributed by atoms with Crippen LogP contribution >= 0.6 is 11.8 Å². The molecule has 0 saturated carbocycles. The normalized spacial score (nSPS) is 14.7. The molecular formula is C28H26N2O5S. The van der Waals surface area contributed by atoms with E-state index in [4.69, 9.17) is 9.47 Å². The van der Waals surface area contributed by atoms with Crippen LogP contribution in [0.5, 0.6) is 11.5 Å². The molecule has 8 heteroatoms. The number of hydrogen-bond acceptors (Lipinski definition) is 6. The van der Waals surface area contributed by atoms with E-state index in [0.717, 1.165) is 16.2 Å². The average molecular weight is 503 g/mol. The number of carbonyl (C=O) groups excluding carboxylic acids is 3. The number of nitrogens with zero attached hydrogens (tertiary/aromatic N) is 1. The van der Waals surface area contributed by atoms with Gasteiger partial charge in [0.05, 0.1) is 19.4 Å². The molecule has 36 heavy (non-hydrogen) atoms. The fourth-order valence-corrected chi connectivity index (χ4v) is 4.40. The lowest BCUT2D eigenvalue weighted by molar-refractivity contribution is -0.122. The van der Waals surface area contributed by atoms with E-state index in [1.54, 1.807) is 48.2 Å². The minimum atomic E-state index is -0.780. The molecule has 1 heterocycles. The molecule has 0 unspecified atom stereocenters. The van der Waals surface area contributed by atoms with Crippen molar-refractivity contribution in [3.8, 4) is 11.5 Å². The van der Waals surface area contributed by atoms with Gasteiger partial charge in [0.2, 0.25) is 0 Å². The number of hydrogen-bond donors (Lipinski definition) is 1. The van der Waals surface area contributed by atoms with Gasteiger partial charge in [0.15, 0.2) is 11.5 Å². The number of barbiturate groups is 1. The van der Waals surface area contributed by atoms with Crippen LogP contribution in [0.2, 0.25) is 0 Å². The molecule has 3 aromatic carbocycles. The second-order valence-electron chi connectivity index (χ2n) is 8.22. The Kier molecular flexibility index (Phi) is 7.75. The maximum Gasteiger partial charge on any atom is 0.335 e. The van der Waals surface area contributed by atoms with E-state index in [0.29, 0.717) is 29.4 Å². The van der Waals surface area contributed by atoms with Crippen LogP contribution in [0.25, 0.3) is 6.08 Å². The molecule has 0 atom stereocenters. The molecule has 0 spiro atoms. The van der Waals surface area contributed by atoms with Gasteiger partial charge in [0.1, 0.15) is 5.57 Å². The largest absolute Gasteiger partial charge is 0.493 e. The highest BCUT2D eigenvalue weighted by molar-refractivity contribution is 7.99. The molecule has 3 aromatic rings. The van der Waals surface area contributed by atoms with Crippen LogP contribution in [0, 0.1) is 13.8 Å². The Hall–Kier alpha value is -4.04. The summed E-state index contributed by atoms with van der Waals surface area (Å²) < 4.78 is 11.4. The Bertz CT molecular complexity index is 1330. The van der Waals surface area contributed by atoms with Crippen LogP contribution in [-0.2, 0) is 9.59 Å². The van der Waals surface area contributed by atoms with Crippen molar-refractivity contribution < 1.29 is 23.9 Å². The van der Waals surface area contributed by atoms with E-state index >= 15 is 0 Å². The van der Waals surface area contributed by atoms with Gasteiger partial charge >= 0.3 is 6.03 Å². The first-order valence-electron chi connectivity index (χ1n) is 11.3. The number of ether oxygens (including phenoxy) is 2. The number of nitrogens with one attached hydrogen (secondary N) is 1. The van der Waals surface area contributed by atoms with Crippen molar-refractivity contribution in [1.82, 2.24) is 5.32 Å². The van der Waals surface area contributed by atoms with Crippen molar-refractivity contribution >= 4 is 41.4 Å². The number of thioether (sulfide) groups is 1. The molecule has 0 aromatic heterocycles. The SMILES string of the molecule is COc1cc(/C=C2\C(=O)NC(=O)N(c3cccc(C)c3)C2=O)ccc1OCCSc1ccc(C)cc1. The number of urea groups is 1. The van der Waals surface area contributed by atoms with Crippen LogP contribution in [0.15, 0.2) is 77.2 Å². The molecule has 4 amide bonds. The molecule has 1 fully saturated rings. The number of aryl methyl sites for hydroxylation is 2. The zero-order valence-electron chi connectivity index (χ0n) is 20.2. The molecule has 7 nitrogen and oxygen atoms in total. The van der Waals surface area contributed by atoms with E-state index in [2.05, 4.69) is 36.5 Å². The van der Waals surface area contributed by atoms with Crippen molar-refractivity contribution in [2.75, 3.05) is 24.4 Å². The lowest BCUT2D eigenvalue weighted by Gasteiger charge is -2.26. The first-order valence-corrected chi connectivity index (χ1v) is 12.3. The van der Waals surface area contributed by atoms with Crippen LogP contribution in [-0.4, -0.2) is 37.3 Å². The predicted octanol–water partition coefficient (Wildman–Crippen LogP) is 5.15. The summed E-state index contributed by atoms with van der Waals surface area (Å²) in [6.07, 6.45) is 1.44. The van der Waals surface area contributed by atoms with Gasteiger partial charge in [-0.1, -0.05) is 35.9 Å². The highest BCUT2D eigenvalue weighted by Crippen LogP contribution is 2.30. The maximum atomic E-state index is 13.1. The summed E-state index contributed by atoms with van der Waals surface area (Å²) in [5, 5.41) is 2.24. The summed E-state index contributed by atoms with van der Waals surface area (Å²) in [7, 11) is 1.52. The topological polar surface area (TPSA) is 84.9 Å². The van der Waals surface area contributed by atoms with Crippen molar-refractivity contribution in [1.29, 1.82) is 0 Å². The number of carbonyl (C=O) groups is 3. The number of anilines is 1. The third kappa shape index (κ3) is 5.78. The Morgan fingerprint density at radius 1 is 0.917 bits per heavy atom. The van der Waals surface area contributed by atoms with Gasteiger partial charge < -0.3 is 9.47 Å². The zero-order chi connectivity index (χ0) is 25.7. The van der Waals surface area contributed by atoms with Gasteiger partial charge in [-0.05, 0) is 67.4 Å². The number of benzene rings is 3. The summed E-state index contributed by atoms with van der Waals surface area (Å²) in [6.45, 7) is 4.39. The van der Waals surface area contributed by atoms with Crippen molar-refractivity contribution in [3.05, 3.63) is 89.0 Å². The predicted molar refractivity (Wildman–Crippen MR) is 141 cm³/mol. The molecule has 4 rings (SSSR count). The lowest BCUT2D eigenvalue weighted by atomic mass is 10.1. The highest BCUT2D eigenvalue weighted by Gasteiger charge is 2.36. The van der Waals surface area contributed by atoms with Gasteiger partial charge in [-0.15, -0.1) is 11.8 Å². The van der Waals surface area contributed by atoms with Gasteiger partial charge in [0.25, 0.3) is 11.8 Å². The third-order valence-corrected chi connectivity index (χ3v) is 6.47. The summed E-state index contributed by atoms with van der Waals surface area (Å²) in [5.41, 5.74) is 2.90. The molecule has 0 bridgehead atoms. The van der Waals surface area contributed by atoms with Crippen molar-refractivity contribution in [2.45, 2.75) is 18.7 Å². The smallest absolute Gasteiger partial charge is 0.335 e. The monoisotopic (exact) mass is 502 g/mol. The van der Waals surface area contributed by atoms with Crippen LogP contribution in [0.4, 0.5) is 10.5 Å². The second kappa shape index (κ2) is 11.1. The second-order valence-corrected chi connectivity index (χ2v) is 9.39. The zero-order valence-corrected chi connectivity index (χ0v) is 21.1. The summed E-state index contributed by atoms with van der Waals surface area (Å²) in [4.78, 5) is 40.1. The van der Waals surface area contributed by atoms with E-state index in [1.165, 1.54) is 23.6 Å². The number of rotatable bonds is 8. The van der Waals surface area contributed by atoms with Gasteiger partial charge in [-0.3, -0.25) is 14.9 Å². The van der Waals surface area contributed by atoms with Gasteiger partial charge in [-0.25, -0.2) is 9.69 Å². The highest BCUT2D eigenvalue weighted by atomic mass is 32.2. The molecular weight excluding hydrogens is 476 g/mol. The van der Waals surface area contributed by atoms with E-state index in [9.17, 15) is 14.4 Å². The standard InChI is InChI=1S/C28H26N2O5S/c1-18-7-10-22(11-8-18)36-14-13-35-24-12-9-20(17-25(24)34-3)16-23-26(31)29-28(33)30(27(23)32)21-6-4-5-19(2)15-21/h4-12,15-17H,13-14H2,1-3H3,(H,29,31,33)/b23-16+. The summed E-state index contributed by atoms with van der Waals surface area (Å²) in [6, 6.07) is 19.6. The minimum absolute atomic E-state index is 0.152. The molecule has 1 saturated heterocycles. The van der Waals surface area contributed by atoms with Crippen molar-refractivity contribution in [3.63, 3.8) is 0 Å². The Morgan fingerprint density at radius 2 is 1.69 bits per heavy atom. The first-order chi connectivity index (χ1) is 17.4. The van der Waals surface area contributed by atoms with E-state index in [1.807, 2.05) is 13.0 Å². The number of methoxy groups -OCH3 is 1. The Labute approximate surface area is 214 Å². The first kappa shape index (κ1) is 25.1. The van der Waals surface area contributed by atoms with Gasteiger partial charge in [-0.2, -0.15) is 0 Å². The molecule has 1 N–H and O–H groups in total. The van der Waals surface area contributed by atoms with Crippen molar-refractivity contribution in [2.24, 2.45) is 0 Å². The Balaban J connectivity index is 1.48. The molecule has 184 valence electrons. The number of amides is 4. The Morgan fingerprint density at radius 3 is 2.42 bits per heavy atom. The summed E-state index contributed by atoms with van der Waals surface area (Å²) in [5.74, 6) is 0.346. The average Bonchev–Trinajstić information content (AvgIpc) is 2.86. The molecule has 0 radical (unpaired) electrons. The summed E-state index contributed by atoms with van der Waals surface area (Å²) >= 11 is 1.70. The lowest BCUT2D eigenvalue weighted by Crippen LogP contribution is -2.54. The van der Waals surface area contributed by atoms with E-state index in [-0.39, 0.29) is 5.57 Å². The van der Waals surface area contributed by atoms with Crippen LogP contribution < -0.4 is 19.7 Å². The van der Waals surface area contributed by atoms with Crippen LogP contribution in [0.1, 0.15) is 16.7 Å². The quantitative estimate of drug-likeness (QED) is 0.199. The van der Waals surface area contributed by atoms with Gasteiger partial charge in [0, 0.05) is 10.6 Å². The fraction of sp³-hybridized carbons (Fsp3) is 0.179. The minimum Gasteiger partial charge on any atom is -0.493 e. The fourth-order valence-electron chi connectivity index (χ4n) is 3.66. The maximum absolute atomic E-state index is 13.1. The van der Waals surface area contributed by atoms with E-state index < -0.39 is 17.8 Å². The third-order valence-electron chi connectivity index (χ3n) is 5.49. The molecule has 1 aliphatic rings.